The van der Waals surface area contributed by atoms with E-state index in [0.29, 0.717) is 0 Å². The molecule has 0 aromatic carbocycles. The number of hydrogen-bond acceptors (Lipinski definition) is 0. The largest absolute Gasteiger partial charge is 0.0654 e. The molecule has 0 N–H and O–H groups in total. The van der Waals surface area contributed by atoms with Crippen molar-refractivity contribution in [2.45, 2.75) is 220 Å². The molecule has 36 heavy (non-hydrogen) atoms. The first-order valence-electron chi connectivity index (χ1n) is 17.7. The predicted octanol–water partition coefficient (Wildman–Crippen LogP) is 14.0. The summed E-state index contributed by atoms with van der Waals surface area (Å²) in [4.78, 5) is 0. The van der Waals surface area contributed by atoms with Crippen LogP contribution in [0.5, 0.6) is 0 Å². The Labute approximate surface area is 232 Å². The quantitative estimate of drug-likeness (QED) is 0.0820. The van der Waals surface area contributed by atoms with E-state index in [1.165, 1.54) is 193 Å². The topological polar surface area (TPSA) is 0 Å². The minimum Gasteiger partial charge on any atom is -0.0654 e. The van der Waals surface area contributed by atoms with Crippen LogP contribution in [0.25, 0.3) is 0 Å². The molecule has 0 bridgehead atoms. The molecular weight excluding hydrogens is 432 g/mol. The maximum absolute atomic E-state index is 2.50. The fourth-order valence-electron chi connectivity index (χ4n) is 5.94. The average Bonchev–Trinajstić information content (AvgIpc) is 2.87. The van der Waals surface area contributed by atoms with Gasteiger partial charge in [0.15, 0.2) is 0 Å². The molecule has 0 radical (unpaired) electrons. The zero-order valence-corrected chi connectivity index (χ0v) is 26.4. The van der Waals surface area contributed by atoms with Crippen molar-refractivity contribution in [3.63, 3.8) is 0 Å². The van der Waals surface area contributed by atoms with Gasteiger partial charge < -0.3 is 0 Å². The molecule has 0 amide bonds. The second kappa shape index (κ2) is 31.2. The van der Waals surface area contributed by atoms with Gasteiger partial charge in [0.25, 0.3) is 0 Å². The molecule has 218 valence electrons. The molecule has 0 aliphatic heterocycles. The van der Waals surface area contributed by atoms with Crippen LogP contribution in [0.15, 0.2) is 0 Å². The SMILES string of the molecule is CCCCCCCCCCCCC(C)CCCCCCCCCC(C)CCCCCCCCCCC. The summed E-state index contributed by atoms with van der Waals surface area (Å²) in [5.74, 6) is 1.93. The van der Waals surface area contributed by atoms with Crippen molar-refractivity contribution >= 4 is 0 Å². The van der Waals surface area contributed by atoms with Crippen molar-refractivity contribution in [1.29, 1.82) is 0 Å². The molecule has 0 rings (SSSR count). The second-order valence-electron chi connectivity index (χ2n) is 12.9. The third kappa shape index (κ3) is 30.2. The van der Waals surface area contributed by atoms with Gasteiger partial charge in [-0.05, 0) is 11.8 Å². The Hall–Kier alpha value is 0. The summed E-state index contributed by atoms with van der Waals surface area (Å²) in [7, 11) is 0. The van der Waals surface area contributed by atoms with Gasteiger partial charge in [-0.2, -0.15) is 0 Å². The molecule has 2 unspecified atom stereocenters. The average molecular weight is 507 g/mol. The van der Waals surface area contributed by atoms with Gasteiger partial charge in [-0.25, -0.2) is 0 Å². The molecule has 0 saturated heterocycles. The summed E-state index contributed by atoms with van der Waals surface area (Å²) in [6, 6.07) is 0. The summed E-state index contributed by atoms with van der Waals surface area (Å²) in [5, 5.41) is 0. The van der Waals surface area contributed by atoms with Gasteiger partial charge in [-0.1, -0.05) is 220 Å². The van der Waals surface area contributed by atoms with Crippen LogP contribution in [-0.2, 0) is 0 Å². The van der Waals surface area contributed by atoms with Gasteiger partial charge >= 0.3 is 0 Å². The van der Waals surface area contributed by atoms with Gasteiger partial charge in [0, 0.05) is 0 Å². The van der Waals surface area contributed by atoms with Crippen molar-refractivity contribution in [2.75, 3.05) is 0 Å². The Balaban J connectivity index is 3.23. The Bertz CT molecular complexity index is 372. The van der Waals surface area contributed by atoms with E-state index in [-0.39, 0.29) is 0 Å². The minimum atomic E-state index is 0.964. The van der Waals surface area contributed by atoms with Crippen molar-refractivity contribution in [1.82, 2.24) is 0 Å². The van der Waals surface area contributed by atoms with E-state index >= 15 is 0 Å². The lowest BCUT2D eigenvalue weighted by molar-refractivity contribution is 0.421. The van der Waals surface area contributed by atoms with Crippen LogP contribution in [0, 0.1) is 11.8 Å². The highest BCUT2D eigenvalue weighted by Gasteiger charge is 2.04. The standard InChI is InChI=1S/C36H74/c1-5-7-9-11-13-15-17-20-24-28-32-36(4)34-30-26-22-18-21-25-29-33-35(3)31-27-23-19-16-14-12-10-8-6-2/h35-36H,5-34H2,1-4H3. The number of hydrogen-bond donors (Lipinski definition) is 0. The zero-order chi connectivity index (χ0) is 26.4. The molecule has 0 nitrogen and oxygen atoms in total. The monoisotopic (exact) mass is 507 g/mol. The van der Waals surface area contributed by atoms with E-state index in [4.69, 9.17) is 0 Å². The molecule has 0 aromatic rings. The maximum atomic E-state index is 2.50. The first kappa shape index (κ1) is 36.0. The van der Waals surface area contributed by atoms with Gasteiger partial charge in [0.1, 0.15) is 0 Å². The van der Waals surface area contributed by atoms with E-state index in [1.54, 1.807) is 0 Å². The van der Waals surface area contributed by atoms with Crippen LogP contribution in [0.3, 0.4) is 0 Å². The lowest BCUT2D eigenvalue weighted by Gasteiger charge is -2.12. The third-order valence-electron chi connectivity index (χ3n) is 8.74. The summed E-state index contributed by atoms with van der Waals surface area (Å²) in [6.07, 6.45) is 44.1. The molecule has 0 fully saturated rings. The highest BCUT2D eigenvalue weighted by molar-refractivity contribution is 4.58. The van der Waals surface area contributed by atoms with Crippen LogP contribution < -0.4 is 0 Å². The van der Waals surface area contributed by atoms with Crippen LogP contribution in [0.1, 0.15) is 220 Å². The van der Waals surface area contributed by atoms with Crippen LogP contribution in [0.4, 0.5) is 0 Å². The fourth-order valence-corrected chi connectivity index (χ4v) is 5.94. The third-order valence-corrected chi connectivity index (χ3v) is 8.74. The molecule has 0 heterocycles. The van der Waals surface area contributed by atoms with Gasteiger partial charge in [-0.15, -0.1) is 0 Å². The van der Waals surface area contributed by atoms with Crippen LogP contribution >= 0.6 is 0 Å². The predicted molar refractivity (Wildman–Crippen MR) is 168 cm³/mol. The van der Waals surface area contributed by atoms with E-state index in [9.17, 15) is 0 Å². The van der Waals surface area contributed by atoms with Gasteiger partial charge in [0.05, 0.1) is 0 Å². The molecular formula is C36H74. The fraction of sp³-hybridized carbons (Fsp3) is 1.00. The summed E-state index contributed by atoms with van der Waals surface area (Å²) < 4.78 is 0. The second-order valence-corrected chi connectivity index (χ2v) is 12.9. The van der Waals surface area contributed by atoms with E-state index < -0.39 is 0 Å². The summed E-state index contributed by atoms with van der Waals surface area (Å²) >= 11 is 0. The van der Waals surface area contributed by atoms with Gasteiger partial charge in [-0.3, -0.25) is 0 Å². The maximum Gasteiger partial charge on any atom is -0.0443 e. The molecule has 0 aliphatic carbocycles. The molecule has 0 aromatic heterocycles. The van der Waals surface area contributed by atoms with E-state index in [1.807, 2.05) is 0 Å². The smallest absolute Gasteiger partial charge is 0.0443 e. The first-order valence-corrected chi connectivity index (χ1v) is 17.7. The Kier molecular flexibility index (Phi) is 31.2. The van der Waals surface area contributed by atoms with Gasteiger partial charge in [0.2, 0.25) is 0 Å². The van der Waals surface area contributed by atoms with E-state index in [2.05, 4.69) is 27.7 Å². The Morgan fingerprint density at radius 3 is 0.611 bits per heavy atom. The summed E-state index contributed by atoms with van der Waals surface area (Å²) in [6.45, 7) is 9.62. The molecule has 0 spiro atoms. The molecule has 2 atom stereocenters. The normalized spacial score (nSPS) is 13.3. The number of unbranched alkanes of at least 4 members (excludes halogenated alkanes) is 23. The summed E-state index contributed by atoms with van der Waals surface area (Å²) in [5.41, 5.74) is 0. The van der Waals surface area contributed by atoms with E-state index in [0.717, 1.165) is 11.8 Å². The minimum absolute atomic E-state index is 0.964. The van der Waals surface area contributed by atoms with Crippen LogP contribution in [-0.4, -0.2) is 0 Å². The Morgan fingerprint density at radius 1 is 0.250 bits per heavy atom. The Morgan fingerprint density at radius 2 is 0.417 bits per heavy atom. The van der Waals surface area contributed by atoms with Crippen molar-refractivity contribution < 1.29 is 0 Å². The molecule has 0 aliphatic rings. The lowest BCUT2D eigenvalue weighted by atomic mass is 9.95. The zero-order valence-electron chi connectivity index (χ0n) is 26.4. The lowest BCUT2D eigenvalue weighted by Crippen LogP contribution is -1.96. The highest BCUT2D eigenvalue weighted by Crippen LogP contribution is 2.21. The first-order chi connectivity index (χ1) is 17.7. The highest BCUT2D eigenvalue weighted by atomic mass is 14.1. The molecule has 0 saturated carbocycles. The van der Waals surface area contributed by atoms with Crippen molar-refractivity contribution in [3.05, 3.63) is 0 Å². The molecule has 0 heteroatoms. The van der Waals surface area contributed by atoms with Crippen molar-refractivity contribution in [2.24, 2.45) is 11.8 Å². The van der Waals surface area contributed by atoms with Crippen LogP contribution in [0.2, 0.25) is 0 Å². The van der Waals surface area contributed by atoms with Crippen molar-refractivity contribution in [3.8, 4) is 0 Å². The number of rotatable bonds is 31.